The van der Waals surface area contributed by atoms with Crippen molar-refractivity contribution in [1.29, 1.82) is 0 Å². The van der Waals surface area contributed by atoms with Gasteiger partial charge in [0.1, 0.15) is 16.9 Å². The van der Waals surface area contributed by atoms with Crippen molar-refractivity contribution in [2.24, 2.45) is 23.7 Å². The number of hydrogen-bond donors (Lipinski definition) is 1. The van der Waals surface area contributed by atoms with Gasteiger partial charge in [0.2, 0.25) is 0 Å². The van der Waals surface area contributed by atoms with E-state index in [1.54, 1.807) is 18.2 Å². The number of rotatable bonds is 4. The van der Waals surface area contributed by atoms with Crippen molar-refractivity contribution in [1.82, 2.24) is 0 Å². The highest BCUT2D eigenvalue weighted by Gasteiger charge is 2.57. The Morgan fingerprint density at radius 2 is 1.88 bits per heavy atom. The smallest absolute Gasteiger partial charge is 0.342 e. The highest BCUT2D eigenvalue weighted by molar-refractivity contribution is 5.94. The molecule has 4 aliphatic rings. The van der Waals surface area contributed by atoms with E-state index in [1.165, 1.54) is 32.1 Å². The van der Waals surface area contributed by atoms with E-state index < -0.39 is 0 Å². The summed E-state index contributed by atoms with van der Waals surface area (Å²) < 4.78 is 6.14. The van der Waals surface area contributed by atoms with Gasteiger partial charge in [-0.15, -0.1) is 6.58 Å². The van der Waals surface area contributed by atoms with Crippen LogP contribution in [0.4, 0.5) is 0 Å². The standard InChI is InChI=1S/C21H26O3/c1-3-5-15-6-4-7-18(22)19(15)20(23)24-21(2)16-9-13-8-14(11-16)12-17(21)10-13/h3-4,6-7,13-14,16-17,22H,1,5,8-12H2,2H3. The van der Waals surface area contributed by atoms with Gasteiger partial charge in [-0.2, -0.15) is 0 Å². The van der Waals surface area contributed by atoms with Crippen molar-refractivity contribution >= 4 is 5.97 Å². The maximum atomic E-state index is 12.9. The second-order valence-electron chi connectivity index (χ2n) is 8.18. The van der Waals surface area contributed by atoms with Crippen LogP contribution in [0, 0.1) is 23.7 Å². The van der Waals surface area contributed by atoms with Gasteiger partial charge in [0.05, 0.1) is 0 Å². The van der Waals surface area contributed by atoms with Crippen molar-refractivity contribution in [3.8, 4) is 5.75 Å². The molecule has 3 nitrogen and oxygen atoms in total. The Bertz CT molecular complexity index is 648. The molecule has 0 radical (unpaired) electrons. The average Bonchev–Trinajstić information content (AvgIpc) is 2.52. The van der Waals surface area contributed by atoms with Crippen LogP contribution in [0.3, 0.4) is 0 Å². The van der Waals surface area contributed by atoms with Gasteiger partial charge in [0.25, 0.3) is 0 Å². The van der Waals surface area contributed by atoms with E-state index in [4.69, 9.17) is 4.74 Å². The summed E-state index contributed by atoms with van der Waals surface area (Å²) in [6.45, 7) is 5.87. The molecule has 0 unspecified atom stereocenters. The summed E-state index contributed by atoms with van der Waals surface area (Å²) in [5.41, 5.74) is 0.716. The average molecular weight is 326 g/mol. The summed E-state index contributed by atoms with van der Waals surface area (Å²) >= 11 is 0. The maximum Gasteiger partial charge on any atom is 0.342 e. The molecular formula is C21H26O3. The van der Waals surface area contributed by atoms with E-state index in [1.807, 2.05) is 6.07 Å². The maximum absolute atomic E-state index is 12.9. The summed E-state index contributed by atoms with van der Waals surface area (Å²) in [6.07, 6.45) is 8.44. The zero-order chi connectivity index (χ0) is 16.9. The minimum absolute atomic E-state index is 0.00626. The van der Waals surface area contributed by atoms with Crippen LogP contribution in [0.25, 0.3) is 0 Å². The van der Waals surface area contributed by atoms with Crippen molar-refractivity contribution in [3.05, 3.63) is 42.0 Å². The molecule has 0 aliphatic heterocycles. The van der Waals surface area contributed by atoms with Gasteiger partial charge in [-0.1, -0.05) is 18.2 Å². The molecule has 4 fully saturated rings. The van der Waals surface area contributed by atoms with Crippen LogP contribution in [-0.4, -0.2) is 16.7 Å². The first-order valence-electron chi connectivity index (χ1n) is 9.16. The van der Waals surface area contributed by atoms with Crippen LogP contribution in [0.2, 0.25) is 0 Å². The minimum Gasteiger partial charge on any atom is -0.507 e. The Morgan fingerprint density at radius 3 is 2.46 bits per heavy atom. The summed E-state index contributed by atoms with van der Waals surface area (Å²) in [6, 6.07) is 5.18. The predicted molar refractivity (Wildman–Crippen MR) is 92.9 cm³/mol. The molecule has 0 atom stereocenters. The lowest BCUT2D eigenvalue weighted by Gasteiger charge is -2.59. The molecule has 0 spiro atoms. The molecule has 1 N–H and O–H groups in total. The Labute approximate surface area is 143 Å². The Balaban J connectivity index is 1.62. The molecular weight excluding hydrogens is 300 g/mol. The van der Waals surface area contributed by atoms with Gasteiger partial charge < -0.3 is 9.84 Å². The zero-order valence-electron chi connectivity index (χ0n) is 14.3. The first-order valence-corrected chi connectivity index (χ1v) is 9.16. The highest BCUT2D eigenvalue weighted by Crippen LogP contribution is 2.59. The lowest BCUT2D eigenvalue weighted by atomic mass is 9.50. The number of benzene rings is 1. The monoisotopic (exact) mass is 326 g/mol. The van der Waals surface area contributed by atoms with E-state index in [2.05, 4.69) is 13.5 Å². The number of esters is 1. The number of aromatic hydroxyl groups is 1. The second-order valence-corrected chi connectivity index (χ2v) is 8.18. The third-order valence-electron chi connectivity index (χ3n) is 6.77. The van der Waals surface area contributed by atoms with Crippen LogP contribution >= 0.6 is 0 Å². The minimum atomic E-state index is -0.377. The number of phenols is 1. The van der Waals surface area contributed by atoms with Crippen LogP contribution in [0.1, 0.15) is 54.9 Å². The van der Waals surface area contributed by atoms with Gasteiger partial charge in [0, 0.05) is 0 Å². The fourth-order valence-electron chi connectivity index (χ4n) is 5.69. The van der Waals surface area contributed by atoms with Crippen LogP contribution < -0.4 is 0 Å². The zero-order valence-corrected chi connectivity index (χ0v) is 14.3. The van der Waals surface area contributed by atoms with Crippen molar-refractivity contribution in [2.45, 2.75) is 51.0 Å². The molecule has 3 heteroatoms. The molecule has 4 bridgehead atoms. The molecule has 5 rings (SSSR count). The lowest BCUT2D eigenvalue weighted by Crippen LogP contribution is -2.58. The SMILES string of the molecule is C=CCc1cccc(O)c1C(=O)OC1(C)C2CC3CC(C2)CC1C3. The molecule has 1 aromatic carbocycles. The molecule has 128 valence electrons. The fraction of sp³-hybridized carbons (Fsp3) is 0.571. The van der Waals surface area contributed by atoms with Crippen LogP contribution in [0.5, 0.6) is 5.75 Å². The number of carbonyl (C=O) groups is 1. The molecule has 1 aromatic rings. The van der Waals surface area contributed by atoms with Crippen molar-refractivity contribution in [3.63, 3.8) is 0 Å². The van der Waals surface area contributed by atoms with Gasteiger partial charge in [-0.3, -0.25) is 0 Å². The summed E-state index contributed by atoms with van der Waals surface area (Å²) in [5.74, 6) is 2.26. The highest BCUT2D eigenvalue weighted by atomic mass is 16.6. The third kappa shape index (κ3) is 2.37. The lowest BCUT2D eigenvalue weighted by molar-refractivity contribution is -0.165. The molecule has 4 saturated carbocycles. The quantitative estimate of drug-likeness (QED) is 0.655. The number of allylic oxidation sites excluding steroid dienone is 1. The Kier molecular flexibility index (Phi) is 3.70. The van der Waals surface area contributed by atoms with Crippen LogP contribution in [0.15, 0.2) is 30.9 Å². The van der Waals surface area contributed by atoms with Gasteiger partial charge in [0.15, 0.2) is 0 Å². The summed E-state index contributed by atoms with van der Waals surface area (Å²) in [4.78, 5) is 12.9. The van der Waals surface area contributed by atoms with Crippen LogP contribution in [-0.2, 0) is 11.2 Å². The fourth-order valence-corrected chi connectivity index (χ4v) is 5.69. The Morgan fingerprint density at radius 1 is 1.25 bits per heavy atom. The largest absolute Gasteiger partial charge is 0.507 e. The number of ether oxygens (including phenoxy) is 1. The normalized spacial score (nSPS) is 36.5. The number of hydrogen-bond acceptors (Lipinski definition) is 3. The van der Waals surface area contributed by atoms with E-state index in [0.717, 1.165) is 17.4 Å². The number of phenolic OH excluding ortho intramolecular Hbond substituents is 1. The van der Waals surface area contributed by atoms with Gasteiger partial charge >= 0.3 is 5.97 Å². The van der Waals surface area contributed by atoms with E-state index >= 15 is 0 Å². The topological polar surface area (TPSA) is 46.5 Å². The first kappa shape index (κ1) is 15.7. The first-order chi connectivity index (χ1) is 11.5. The molecule has 0 heterocycles. The van der Waals surface area contributed by atoms with E-state index in [9.17, 15) is 9.90 Å². The Hall–Kier alpha value is -1.77. The van der Waals surface area contributed by atoms with E-state index in [0.29, 0.717) is 23.8 Å². The number of carbonyl (C=O) groups excluding carboxylic acids is 1. The third-order valence-corrected chi connectivity index (χ3v) is 6.77. The molecule has 24 heavy (non-hydrogen) atoms. The van der Waals surface area contributed by atoms with Crippen molar-refractivity contribution in [2.75, 3.05) is 0 Å². The predicted octanol–water partition coefficient (Wildman–Crippen LogP) is 4.49. The van der Waals surface area contributed by atoms with E-state index in [-0.39, 0.29) is 17.3 Å². The second kappa shape index (κ2) is 5.65. The molecule has 4 aliphatic carbocycles. The molecule has 0 aromatic heterocycles. The molecule has 0 amide bonds. The molecule has 0 saturated heterocycles. The van der Waals surface area contributed by atoms with Crippen molar-refractivity contribution < 1.29 is 14.6 Å². The van der Waals surface area contributed by atoms with Gasteiger partial charge in [-0.05, 0) is 80.8 Å². The summed E-state index contributed by atoms with van der Waals surface area (Å²) in [5, 5.41) is 10.2. The summed E-state index contributed by atoms with van der Waals surface area (Å²) in [7, 11) is 0. The van der Waals surface area contributed by atoms with Gasteiger partial charge in [-0.25, -0.2) is 4.79 Å².